The lowest BCUT2D eigenvalue weighted by molar-refractivity contribution is -0.384. The second-order valence-electron chi connectivity index (χ2n) is 10.1. The fourth-order valence-corrected chi connectivity index (χ4v) is 6.76. The van der Waals surface area contributed by atoms with Crippen molar-refractivity contribution in [3.63, 3.8) is 0 Å². The maximum Gasteiger partial charge on any atom is 0.272 e. The Morgan fingerprint density at radius 3 is 2.47 bits per heavy atom. The molecule has 3 aromatic carbocycles. The van der Waals surface area contributed by atoms with Gasteiger partial charge in [-0.25, -0.2) is 0 Å². The lowest BCUT2D eigenvalue weighted by atomic mass is 9.96. The van der Waals surface area contributed by atoms with Gasteiger partial charge in [-0.3, -0.25) is 24.5 Å². The number of nitro groups is 1. The quantitative estimate of drug-likeness (QED) is 0.0771. The van der Waals surface area contributed by atoms with Crippen LogP contribution in [0.2, 0.25) is 0 Å². The zero-order valence-corrected chi connectivity index (χ0v) is 25.5. The van der Waals surface area contributed by atoms with Crippen LogP contribution < -0.4 is 16.0 Å². The van der Waals surface area contributed by atoms with Crippen molar-refractivity contribution in [2.45, 2.75) is 30.6 Å². The molecule has 4 aromatic rings. The van der Waals surface area contributed by atoms with Crippen LogP contribution in [0.25, 0.3) is 6.08 Å². The van der Waals surface area contributed by atoms with Gasteiger partial charge in [-0.1, -0.05) is 24.3 Å². The highest BCUT2D eigenvalue weighted by Gasteiger charge is 2.22. The fourth-order valence-electron chi connectivity index (χ4n) is 4.75. The third-order valence-corrected chi connectivity index (χ3v) is 9.14. The van der Waals surface area contributed by atoms with E-state index in [0.717, 1.165) is 36.1 Å². The molecule has 1 aromatic heterocycles. The van der Waals surface area contributed by atoms with Crippen LogP contribution in [-0.4, -0.2) is 28.4 Å². The molecule has 0 saturated heterocycles. The van der Waals surface area contributed by atoms with Gasteiger partial charge in [-0.15, -0.1) is 23.1 Å². The zero-order chi connectivity index (χ0) is 31.8. The van der Waals surface area contributed by atoms with Crippen LogP contribution in [0.1, 0.15) is 44.8 Å². The first kappa shape index (κ1) is 31.2. The summed E-state index contributed by atoms with van der Waals surface area (Å²) in [5.41, 5.74) is 2.71. The minimum absolute atomic E-state index is 0.0675. The number of benzene rings is 3. The topological polar surface area (TPSA) is 154 Å². The van der Waals surface area contributed by atoms with Gasteiger partial charge in [0.2, 0.25) is 5.91 Å². The first-order valence-electron chi connectivity index (χ1n) is 14.0. The number of anilines is 2. The van der Waals surface area contributed by atoms with Crippen LogP contribution in [0.5, 0.6) is 0 Å². The molecule has 0 radical (unpaired) electrons. The third kappa shape index (κ3) is 8.03. The number of nitrogens with one attached hydrogen (secondary N) is 3. The Labute approximate surface area is 267 Å². The Bertz CT molecular complexity index is 1830. The maximum atomic E-state index is 13.4. The molecule has 45 heavy (non-hydrogen) atoms. The summed E-state index contributed by atoms with van der Waals surface area (Å²) in [6.07, 6.45) is 5.35. The third-order valence-electron chi connectivity index (χ3n) is 6.94. The number of aryl methyl sites for hydroxylation is 1. The summed E-state index contributed by atoms with van der Waals surface area (Å²) in [4.78, 5) is 51.5. The standard InChI is InChI=1S/C33H27N5O5S2/c34-19-27-26-11-4-5-12-29(26)45-33(27)37-30(39)20-44-25-10-6-9-23(18-25)35-32(41)28(36-31(40)22-7-2-1-3-8-22)17-21-13-15-24(16-14-21)38(42)43/h1-3,6-10,13-18H,4-5,11-12,20H2,(H,35,41)(H,36,40)(H,37,39)/b28-17+. The smallest absolute Gasteiger partial charge is 0.272 e. The molecule has 1 aliphatic rings. The molecule has 0 spiro atoms. The van der Waals surface area contributed by atoms with Crippen molar-refractivity contribution in [2.24, 2.45) is 0 Å². The summed E-state index contributed by atoms with van der Waals surface area (Å²) >= 11 is 2.76. The molecule has 0 fully saturated rings. The number of thioether (sulfide) groups is 1. The second-order valence-corrected chi connectivity index (χ2v) is 12.2. The van der Waals surface area contributed by atoms with Crippen molar-refractivity contribution >= 4 is 63.3 Å². The highest BCUT2D eigenvalue weighted by atomic mass is 32.2. The molecule has 0 saturated carbocycles. The van der Waals surface area contributed by atoms with Crippen LogP contribution in [0.15, 0.2) is 89.5 Å². The van der Waals surface area contributed by atoms with Crippen molar-refractivity contribution in [1.29, 1.82) is 5.26 Å². The summed E-state index contributed by atoms with van der Waals surface area (Å²) in [6, 6.07) is 23.2. The number of fused-ring (bicyclic) bond motifs is 1. The van der Waals surface area contributed by atoms with Gasteiger partial charge in [0.25, 0.3) is 17.5 Å². The number of hydrogen-bond donors (Lipinski definition) is 3. The maximum absolute atomic E-state index is 13.4. The normalized spacial score (nSPS) is 12.4. The molecule has 0 atom stereocenters. The van der Waals surface area contributed by atoms with E-state index in [1.807, 2.05) is 6.07 Å². The van der Waals surface area contributed by atoms with Crippen molar-refractivity contribution in [2.75, 3.05) is 16.4 Å². The van der Waals surface area contributed by atoms with E-state index in [1.54, 1.807) is 48.5 Å². The number of hydrogen-bond acceptors (Lipinski definition) is 8. The Hall–Kier alpha value is -5.25. The molecule has 5 rings (SSSR count). The van der Waals surface area contributed by atoms with Crippen LogP contribution >= 0.6 is 23.1 Å². The lowest BCUT2D eigenvalue weighted by Crippen LogP contribution is -2.30. The van der Waals surface area contributed by atoms with Gasteiger partial charge in [0.1, 0.15) is 16.8 Å². The number of rotatable bonds is 10. The van der Waals surface area contributed by atoms with E-state index in [1.165, 1.54) is 58.3 Å². The number of nitrogens with zero attached hydrogens (tertiary/aromatic N) is 2. The van der Waals surface area contributed by atoms with Gasteiger partial charge in [0, 0.05) is 33.2 Å². The first-order chi connectivity index (χ1) is 21.8. The Kier molecular flexibility index (Phi) is 10.0. The van der Waals surface area contributed by atoms with Crippen LogP contribution in [0.4, 0.5) is 16.4 Å². The fraction of sp³-hybridized carbons (Fsp3) is 0.152. The van der Waals surface area contributed by atoms with Gasteiger partial charge >= 0.3 is 0 Å². The molecule has 0 unspecified atom stereocenters. The molecule has 0 aliphatic heterocycles. The van der Waals surface area contributed by atoms with E-state index in [-0.39, 0.29) is 23.0 Å². The van der Waals surface area contributed by atoms with E-state index in [2.05, 4.69) is 22.0 Å². The SMILES string of the molecule is N#Cc1c(NC(=O)CSc2cccc(NC(=O)/C(=C\c3ccc([N+](=O)[O-])cc3)NC(=O)c3ccccc3)c2)sc2c1CCCC2. The molecule has 226 valence electrons. The van der Waals surface area contributed by atoms with Gasteiger partial charge in [0.15, 0.2) is 0 Å². The molecule has 12 heteroatoms. The number of amides is 3. The largest absolute Gasteiger partial charge is 0.321 e. The molecule has 0 bridgehead atoms. The van der Waals surface area contributed by atoms with Crippen LogP contribution in [-0.2, 0) is 22.4 Å². The minimum Gasteiger partial charge on any atom is -0.321 e. The number of carbonyl (C=O) groups is 3. The molecule has 1 heterocycles. The summed E-state index contributed by atoms with van der Waals surface area (Å²) in [7, 11) is 0. The van der Waals surface area contributed by atoms with Gasteiger partial charge in [0.05, 0.1) is 16.2 Å². The summed E-state index contributed by atoms with van der Waals surface area (Å²) in [6.45, 7) is 0. The summed E-state index contributed by atoms with van der Waals surface area (Å²) in [5, 5.41) is 29.6. The van der Waals surface area contributed by atoms with E-state index in [9.17, 15) is 29.8 Å². The summed E-state index contributed by atoms with van der Waals surface area (Å²) < 4.78 is 0. The molecule has 3 amide bonds. The highest BCUT2D eigenvalue weighted by Crippen LogP contribution is 2.37. The lowest BCUT2D eigenvalue weighted by Gasteiger charge is -2.12. The zero-order valence-electron chi connectivity index (χ0n) is 23.9. The van der Waals surface area contributed by atoms with E-state index < -0.39 is 16.7 Å². The monoisotopic (exact) mass is 637 g/mol. The number of thiophene rings is 1. The second kappa shape index (κ2) is 14.5. The number of nitriles is 1. The van der Waals surface area contributed by atoms with Crippen molar-refractivity contribution in [3.8, 4) is 6.07 Å². The molecule has 10 nitrogen and oxygen atoms in total. The Morgan fingerprint density at radius 2 is 1.73 bits per heavy atom. The number of non-ortho nitro benzene ring substituents is 1. The van der Waals surface area contributed by atoms with Gasteiger partial charge < -0.3 is 16.0 Å². The van der Waals surface area contributed by atoms with E-state index in [4.69, 9.17) is 0 Å². The molecule has 1 aliphatic carbocycles. The van der Waals surface area contributed by atoms with Gasteiger partial charge in [-0.2, -0.15) is 5.26 Å². The predicted octanol–water partition coefficient (Wildman–Crippen LogP) is 6.55. The van der Waals surface area contributed by atoms with E-state index in [0.29, 0.717) is 27.4 Å². The Balaban J connectivity index is 1.27. The van der Waals surface area contributed by atoms with E-state index >= 15 is 0 Å². The average molecular weight is 638 g/mol. The van der Waals surface area contributed by atoms with Crippen molar-refractivity contribution in [3.05, 3.63) is 122 Å². The van der Waals surface area contributed by atoms with Crippen molar-refractivity contribution in [1.82, 2.24) is 5.32 Å². The average Bonchev–Trinajstić information content (AvgIpc) is 3.41. The van der Waals surface area contributed by atoms with Gasteiger partial charge in [-0.05, 0) is 85.4 Å². The number of nitro benzene ring substituents is 1. The predicted molar refractivity (Wildman–Crippen MR) is 175 cm³/mol. The minimum atomic E-state index is -0.608. The first-order valence-corrected chi connectivity index (χ1v) is 15.8. The molecular weight excluding hydrogens is 611 g/mol. The Morgan fingerprint density at radius 1 is 0.978 bits per heavy atom. The van der Waals surface area contributed by atoms with Crippen LogP contribution in [0.3, 0.4) is 0 Å². The molecular formula is C33H27N5O5S2. The molecule has 3 N–H and O–H groups in total. The summed E-state index contributed by atoms with van der Waals surface area (Å²) in [5.74, 6) is -1.24. The van der Waals surface area contributed by atoms with Crippen molar-refractivity contribution < 1.29 is 19.3 Å². The van der Waals surface area contributed by atoms with Crippen LogP contribution in [0, 0.1) is 21.4 Å². The number of carbonyl (C=O) groups excluding carboxylic acids is 3. The highest BCUT2D eigenvalue weighted by molar-refractivity contribution is 8.00.